The fraction of sp³-hybridized carbons (Fsp3) is 0.308. The lowest BCUT2D eigenvalue weighted by molar-refractivity contribution is -0.132. The van der Waals surface area contributed by atoms with Gasteiger partial charge in [0.2, 0.25) is 5.91 Å². The zero-order valence-electron chi connectivity index (χ0n) is 19.5. The summed E-state index contributed by atoms with van der Waals surface area (Å²) >= 11 is 18.7. The second-order valence-electron chi connectivity index (χ2n) is 8.87. The maximum Gasteiger partial charge on any atom is 0.291 e. The van der Waals surface area contributed by atoms with Gasteiger partial charge < -0.3 is 19.5 Å². The Morgan fingerprint density at radius 3 is 2.34 bits per heavy atom. The molecule has 0 aliphatic carbocycles. The van der Waals surface area contributed by atoms with Crippen molar-refractivity contribution in [3.63, 3.8) is 0 Å². The summed E-state index contributed by atoms with van der Waals surface area (Å²) in [6.45, 7) is 6.84. The molecule has 2 aromatic carbocycles. The summed E-state index contributed by atoms with van der Waals surface area (Å²) in [5.74, 6) is 0.760. The molecule has 0 saturated carbocycles. The van der Waals surface area contributed by atoms with Crippen LogP contribution in [0.1, 0.15) is 30.8 Å². The van der Waals surface area contributed by atoms with Gasteiger partial charge in [0.25, 0.3) is 5.91 Å². The van der Waals surface area contributed by atoms with Gasteiger partial charge in [-0.15, -0.1) is 0 Å². The lowest BCUT2D eigenvalue weighted by Crippen LogP contribution is -2.49. The number of anilines is 2. The third kappa shape index (κ3) is 6.13. The molecule has 1 N–H and O–H groups in total. The maximum absolute atomic E-state index is 12.7. The van der Waals surface area contributed by atoms with Crippen molar-refractivity contribution in [3.8, 4) is 11.3 Å². The fourth-order valence-electron chi connectivity index (χ4n) is 4.00. The highest BCUT2D eigenvalue weighted by molar-refractivity contribution is 6.36. The van der Waals surface area contributed by atoms with Gasteiger partial charge in [0.05, 0.1) is 15.7 Å². The summed E-state index contributed by atoms with van der Waals surface area (Å²) in [6, 6.07) is 13.7. The number of halogens is 3. The molecule has 0 spiro atoms. The van der Waals surface area contributed by atoms with Gasteiger partial charge in [0.1, 0.15) is 5.76 Å². The van der Waals surface area contributed by atoms with Crippen LogP contribution in [0.3, 0.4) is 0 Å². The molecule has 2 amide bonds. The first-order chi connectivity index (χ1) is 16.7. The molecule has 6 nitrogen and oxygen atoms in total. The number of benzene rings is 2. The lowest BCUT2D eigenvalue weighted by atomic mass is 10.1. The van der Waals surface area contributed by atoms with E-state index in [0.29, 0.717) is 70.6 Å². The number of carbonyl (C=O) groups excluding carboxylic acids is 2. The second kappa shape index (κ2) is 10.9. The molecule has 1 aliphatic heterocycles. The Bertz CT molecular complexity index is 1230. The van der Waals surface area contributed by atoms with Crippen LogP contribution < -0.4 is 10.2 Å². The third-order valence-corrected chi connectivity index (χ3v) is 6.64. The molecule has 2 heterocycles. The topological polar surface area (TPSA) is 65.8 Å². The van der Waals surface area contributed by atoms with E-state index >= 15 is 0 Å². The monoisotopic (exact) mass is 533 g/mol. The van der Waals surface area contributed by atoms with E-state index in [2.05, 4.69) is 10.2 Å². The molecule has 0 unspecified atom stereocenters. The van der Waals surface area contributed by atoms with Gasteiger partial charge >= 0.3 is 0 Å². The summed E-state index contributed by atoms with van der Waals surface area (Å²) in [7, 11) is 0. The van der Waals surface area contributed by atoms with Crippen molar-refractivity contribution in [2.24, 2.45) is 5.92 Å². The first-order valence-corrected chi connectivity index (χ1v) is 12.5. The minimum atomic E-state index is -0.401. The Morgan fingerprint density at radius 2 is 1.69 bits per heavy atom. The smallest absolute Gasteiger partial charge is 0.291 e. The van der Waals surface area contributed by atoms with Crippen LogP contribution in [-0.2, 0) is 4.79 Å². The number of hydrogen-bond acceptors (Lipinski definition) is 4. The summed E-state index contributed by atoms with van der Waals surface area (Å²) in [5.41, 5.74) is 2.07. The predicted octanol–water partition coefficient (Wildman–Crippen LogP) is 6.85. The molecule has 1 fully saturated rings. The Morgan fingerprint density at radius 1 is 0.943 bits per heavy atom. The number of rotatable bonds is 6. The zero-order valence-corrected chi connectivity index (χ0v) is 21.8. The standard InChI is InChI=1S/C26H26Cl3N3O3/c1-16(2)13-25(33)32-11-9-31(10-12-32)22-6-4-18(15-21(22)29)30-26(34)24-8-7-23(35-24)19-5-3-17(27)14-20(19)28/h3-8,14-16H,9-13H2,1-2H3,(H,30,34). The average Bonchev–Trinajstić information content (AvgIpc) is 3.29. The Hall–Kier alpha value is -2.67. The first kappa shape index (κ1) is 25.4. The van der Waals surface area contributed by atoms with Crippen LogP contribution in [0.4, 0.5) is 11.4 Å². The highest BCUT2D eigenvalue weighted by Crippen LogP contribution is 2.33. The van der Waals surface area contributed by atoms with E-state index in [-0.39, 0.29) is 11.7 Å². The van der Waals surface area contributed by atoms with Gasteiger partial charge in [-0.2, -0.15) is 0 Å². The highest BCUT2D eigenvalue weighted by Gasteiger charge is 2.23. The Labute approximate surface area is 219 Å². The van der Waals surface area contributed by atoms with Crippen molar-refractivity contribution >= 4 is 58.0 Å². The average molecular weight is 535 g/mol. The summed E-state index contributed by atoms with van der Waals surface area (Å²) in [6.07, 6.45) is 0.569. The quantitative estimate of drug-likeness (QED) is 0.375. The van der Waals surface area contributed by atoms with Gasteiger partial charge in [-0.3, -0.25) is 9.59 Å². The number of nitrogens with one attached hydrogen (secondary N) is 1. The number of piperazine rings is 1. The SMILES string of the molecule is CC(C)CC(=O)N1CCN(c2ccc(NC(=O)c3ccc(-c4ccc(Cl)cc4Cl)o3)cc2Cl)CC1. The normalized spacial score (nSPS) is 13.9. The van der Waals surface area contributed by atoms with Crippen LogP contribution in [0.2, 0.25) is 15.1 Å². The van der Waals surface area contributed by atoms with Crippen molar-refractivity contribution < 1.29 is 14.0 Å². The van der Waals surface area contributed by atoms with Crippen LogP contribution in [0.25, 0.3) is 11.3 Å². The van der Waals surface area contributed by atoms with Gasteiger partial charge in [-0.05, 0) is 54.4 Å². The maximum atomic E-state index is 12.7. The van der Waals surface area contributed by atoms with Crippen molar-refractivity contribution in [1.82, 2.24) is 4.90 Å². The van der Waals surface area contributed by atoms with Crippen LogP contribution in [0.5, 0.6) is 0 Å². The van der Waals surface area contributed by atoms with Crippen LogP contribution in [-0.4, -0.2) is 42.9 Å². The van der Waals surface area contributed by atoms with Gasteiger partial charge in [-0.1, -0.05) is 48.7 Å². The number of nitrogens with zero attached hydrogens (tertiary/aromatic N) is 2. The van der Waals surface area contributed by atoms with E-state index in [0.717, 1.165) is 5.69 Å². The molecule has 1 aliphatic rings. The summed E-state index contributed by atoms with van der Waals surface area (Å²) < 4.78 is 5.71. The molecule has 1 saturated heterocycles. The number of amides is 2. The fourth-order valence-corrected chi connectivity index (χ4v) is 4.80. The molecule has 0 radical (unpaired) electrons. The van der Waals surface area contributed by atoms with E-state index in [1.807, 2.05) is 24.8 Å². The molecule has 3 aromatic rings. The molecule has 0 bridgehead atoms. The lowest BCUT2D eigenvalue weighted by Gasteiger charge is -2.36. The van der Waals surface area contributed by atoms with Crippen LogP contribution in [0, 0.1) is 5.92 Å². The molecule has 0 atom stereocenters. The molecule has 4 rings (SSSR count). The van der Waals surface area contributed by atoms with Crippen LogP contribution >= 0.6 is 34.8 Å². The van der Waals surface area contributed by atoms with Crippen molar-refractivity contribution in [2.75, 3.05) is 36.4 Å². The minimum Gasteiger partial charge on any atom is -0.451 e. The molecule has 1 aromatic heterocycles. The molecular formula is C26H26Cl3N3O3. The predicted molar refractivity (Wildman–Crippen MR) is 142 cm³/mol. The highest BCUT2D eigenvalue weighted by atomic mass is 35.5. The van der Waals surface area contributed by atoms with Gasteiger partial charge in [0, 0.05) is 48.9 Å². The van der Waals surface area contributed by atoms with Crippen LogP contribution in [0.15, 0.2) is 52.9 Å². The minimum absolute atomic E-state index is 0.147. The van der Waals surface area contributed by atoms with E-state index in [1.165, 1.54) is 0 Å². The largest absolute Gasteiger partial charge is 0.451 e. The van der Waals surface area contributed by atoms with E-state index < -0.39 is 5.91 Å². The van der Waals surface area contributed by atoms with Gasteiger partial charge in [-0.25, -0.2) is 0 Å². The Balaban J connectivity index is 1.38. The molecular weight excluding hydrogens is 509 g/mol. The second-order valence-corrected chi connectivity index (χ2v) is 10.1. The van der Waals surface area contributed by atoms with Gasteiger partial charge in [0.15, 0.2) is 5.76 Å². The van der Waals surface area contributed by atoms with E-state index in [1.54, 1.807) is 42.5 Å². The third-order valence-electron chi connectivity index (χ3n) is 5.79. The summed E-state index contributed by atoms with van der Waals surface area (Å²) in [5, 5.41) is 4.30. The van der Waals surface area contributed by atoms with Crippen molar-refractivity contribution in [1.29, 1.82) is 0 Å². The molecule has 184 valence electrons. The number of furan rings is 1. The van der Waals surface area contributed by atoms with Crippen molar-refractivity contribution in [2.45, 2.75) is 20.3 Å². The van der Waals surface area contributed by atoms with E-state index in [4.69, 9.17) is 39.2 Å². The zero-order chi connectivity index (χ0) is 25.1. The first-order valence-electron chi connectivity index (χ1n) is 11.4. The number of hydrogen-bond donors (Lipinski definition) is 1. The molecule has 35 heavy (non-hydrogen) atoms. The summed E-state index contributed by atoms with van der Waals surface area (Å²) in [4.78, 5) is 29.1. The number of carbonyl (C=O) groups is 2. The van der Waals surface area contributed by atoms with E-state index in [9.17, 15) is 9.59 Å². The molecule has 9 heteroatoms. The van der Waals surface area contributed by atoms with Crippen molar-refractivity contribution in [3.05, 3.63) is 69.4 Å². The Kier molecular flexibility index (Phi) is 7.95.